The SMILES string of the molecule is COc1ccccc1N1CCN(C(=O)c2cnn(-c3ccc(C)cc3C)c2C2CCNCC2)CC1. The van der Waals surface area contributed by atoms with Crippen molar-refractivity contribution in [2.45, 2.75) is 32.6 Å². The van der Waals surface area contributed by atoms with Gasteiger partial charge in [-0.15, -0.1) is 0 Å². The minimum absolute atomic E-state index is 0.0919. The third kappa shape index (κ3) is 4.65. The molecule has 3 heterocycles. The molecule has 3 aromatic rings. The lowest BCUT2D eigenvalue weighted by molar-refractivity contribution is 0.0744. The molecule has 0 unspecified atom stereocenters. The van der Waals surface area contributed by atoms with Crippen LogP contribution in [0, 0.1) is 13.8 Å². The first-order valence-corrected chi connectivity index (χ1v) is 12.6. The maximum atomic E-state index is 13.8. The largest absolute Gasteiger partial charge is 0.495 e. The highest BCUT2D eigenvalue weighted by Crippen LogP contribution is 2.33. The fraction of sp³-hybridized carbons (Fsp3) is 0.429. The van der Waals surface area contributed by atoms with Gasteiger partial charge in [-0.25, -0.2) is 4.68 Å². The second-order valence-electron chi connectivity index (χ2n) is 9.62. The Morgan fingerprint density at radius 1 is 1.00 bits per heavy atom. The van der Waals surface area contributed by atoms with Gasteiger partial charge in [0, 0.05) is 32.1 Å². The molecule has 5 rings (SSSR count). The number of carbonyl (C=O) groups is 1. The minimum Gasteiger partial charge on any atom is -0.495 e. The molecule has 2 aliphatic rings. The van der Waals surface area contributed by atoms with Crippen LogP contribution in [0.5, 0.6) is 5.75 Å². The van der Waals surface area contributed by atoms with Gasteiger partial charge in [-0.3, -0.25) is 4.79 Å². The molecule has 35 heavy (non-hydrogen) atoms. The van der Waals surface area contributed by atoms with E-state index >= 15 is 0 Å². The van der Waals surface area contributed by atoms with E-state index in [9.17, 15) is 4.79 Å². The van der Waals surface area contributed by atoms with Crippen LogP contribution in [0.4, 0.5) is 5.69 Å². The van der Waals surface area contributed by atoms with Gasteiger partial charge in [0.15, 0.2) is 0 Å². The predicted molar refractivity (Wildman–Crippen MR) is 139 cm³/mol. The number of anilines is 1. The lowest BCUT2D eigenvalue weighted by Crippen LogP contribution is -2.49. The Hall–Kier alpha value is -3.32. The summed E-state index contributed by atoms with van der Waals surface area (Å²) >= 11 is 0. The van der Waals surface area contributed by atoms with Crippen molar-refractivity contribution in [3.8, 4) is 11.4 Å². The van der Waals surface area contributed by atoms with E-state index in [1.165, 1.54) is 11.1 Å². The number of methoxy groups -OCH3 is 1. The average Bonchev–Trinajstić information content (AvgIpc) is 3.33. The number of aryl methyl sites for hydroxylation is 2. The number of para-hydroxylation sites is 2. The molecule has 184 valence electrons. The van der Waals surface area contributed by atoms with Crippen molar-refractivity contribution in [3.05, 3.63) is 71.0 Å². The molecule has 0 spiro atoms. The third-order valence-corrected chi connectivity index (χ3v) is 7.34. The molecule has 0 atom stereocenters. The Balaban J connectivity index is 1.41. The lowest BCUT2D eigenvalue weighted by Gasteiger charge is -2.37. The van der Waals surface area contributed by atoms with E-state index < -0.39 is 0 Å². The molecular weight excluding hydrogens is 438 g/mol. The summed E-state index contributed by atoms with van der Waals surface area (Å²) < 4.78 is 7.58. The maximum Gasteiger partial charge on any atom is 0.257 e. The first-order valence-electron chi connectivity index (χ1n) is 12.6. The number of hydrogen-bond acceptors (Lipinski definition) is 5. The fourth-order valence-corrected chi connectivity index (χ4v) is 5.46. The fourth-order valence-electron chi connectivity index (χ4n) is 5.46. The van der Waals surface area contributed by atoms with Crippen molar-refractivity contribution in [1.82, 2.24) is 20.0 Å². The summed E-state index contributed by atoms with van der Waals surface area (Å²) in [6.45, 7) is 9.07. The Labute approximate surface area is 207 Å². The standard InChI is InChI=1S/C28H35N5O2/c1-20-8-9-24(21(2)18-20)33-27(22-10-12-29-13-11-22)23(19-30-33)28(34)32-16-14-31(15-17-32)25-6-4-5-7-26(25)35-3/h4-9,18-19,22,29H,10-17H2,1-3H3. The van der Waals surface area contributed by atoms with Crippen molar-refractivity contribution in [2.75, 3.05) is 51.3 Å². The molecule has 0 saturated carbocycles. The van der Waals surface area contributed by atoms with Gasteiger partial charge in [0.1, 0.15) is 5.75 Å². The summed E-state index contributed by atoms with van der Waals surface area (Å²) in [5.74, 6) is 1.28. The predicted octanol–water partition coefficient (Wildman–Crippen LogP) is 3.93. The van der Waals surface area contributed by atoms with Crippen LogP contribution in [0.15, 0.2) is 48.7 Å². The third-order valence-electron chi connectivity index (χ3n) is 7.34. The highest BCUT2D eigenvalue weighted by molar-refractivity contribution is 5.95. The van der Waals surface area contributed by atoms with E-state index in [2.05, 4.69) is 48.3 Å². The van der Waals surface area contributed by atoms with E-state index in [1.807, 2.05) is 27.8 Å². The summed E-state index contributed by atoms with van der Waals surface area (Å²) in [6.07, 6.45) is 3.82. The van der Waals surface area contributed by atoms with Crippen LogP contribution in [0.2, 0.25) is 0 Å². The van der Waals surface area contributed by atoms with Gasteiger partial charge in [0.05, 0.1) is 35.9 Å². The molecule has 7 nitrogen and oxygen atoms in total. The zero-order valence-corrected chi connectivity index (χ0v) is 21.0. The highest BCUT2D eigenvalue weighted by Gasteiger charge is 2.31. The smallest absolute Gasteiger partial charge is 0.257 e. The summed E-state index contributed by atoms with van der Waals surface area (Å²) in [5.41, 5.74) is 6.36. The Bertz CT molecular complexity index is 1190. The monoisotopic (exact) mass is 473 g/mol. The van der Waals surface area contributed by atoms with Gasteiger partial charge in [-0.05, 0) is 63.5 Å². The number of ether oxygens (including phenoxy) is 1. The van der Waals surface area contributed by atoms with E-state index in [4.69, 9.17) is 9.84 Å². The highest BCUT2D eigenvalue weighted by atomic mass is 16.5. The summed E-state index contributed by atoms with van der Waals surface area (Å²) in [7, 11) is 1.70. The number of benzene rings is 2. The molecule has 2 aromatic carbocycles. The van der Waals surface area contributed by atoms with Crippen LogP contribution < -0.4 is 15.0 Å². The molecule has 2 fully saturated rings. The summed E-state index contributed by atoms with van der Waals surface area (Å²) in [5, 5.41) is 8.23. The topological polar surface area (TPSA) is 62.6 Å². The quantitative estimate of drug-likeness (QED) is 0.609. The second kappa shape index (κ2) is 10.1. The first-order chi connectivity index (χ1) is 17.1. The Kier molecular flexibility index (Phi) is 6.77. The van der Waals surface area contributed by atoms with Crippen LogP contribution in [0.3, 0.4) is 0 Å². The lowest BCUT2D eigenvalue weighted by atomic mass is 9.91. The van der Waals surface area contributed by atoms with Gasteiger partial charge in [0.25, 0.3) is 5.91 Å². The number of nitrogens with zero attached hydrogens (tertiary/aromatic N) is 4. The zero-order chi connectivity index (χ0) is 24.4. The van der Waals surface area contributed by atoms with Crippen molar-refractivity contribution >= 4 is 11.6 Å². The summed E-state index contributed by atoms with van der Waals surface area (Å²) in [4.78, 5) is 18.1. The molecular formula is C28H35N5O2. The van der Waals surface area contributed by atoms with Crippen molar-refractivity contribution in [3.63, 3.8) is 0 Å². The number of hydrogen-bond donors (Lipinski definition) is 1. The molecule has 1 N–H and O–H groups in total. The second-order valence-corrected chi connectivity index (χ2v) is 9.62. The molecule has 2 saturated heterocycles. The van der Waals surface area contributed by atoms with Crippen LogP contribution in [0.1, 0.15) is 45.9 Å². The maximum absolute atomic E-state index is 13.8. The molecule has 0 aliphatic carbocycles. The van der Waals surface area contributed by atoms with Gasteiger partial charge < -0.3 is 19.9 Å². The van der Waals surface area contributed by atoms with E-state index in [-0.39, 0.29) is 5.91 Å². The number of piperazine rings is 1. The number of piperidine rings is 1. The van der Waals surface area contributed by atoms with Crippen LogP contribution in [-0.2, 0) is 0 Å². The van der Waals surface area contributed by atoms with Crippen LogP contribution >= 0.6 is 0 Å². The van der Waals surface area contributed by atoms with E-state index in [1.54, 1.807) is 13.3 Å². The normalized spacial score (nSPS) is 17.0. The van der Waals surface area contributed by atoms with Crippen LogP contribution in [0.25, 0.3) is 5.69 Å². The Morgan fingerprint density at radius 2 is 1.74 bits per heavy atom. The molecule has 1 amide bonds. The minimum atomic E-state index is 0.0919. The van der Waals surface area contributed by atoms with Crippen molar-refractivity contribution < 1.29 is 9.53 Å². The van der Waals surface area contributed by atoms with Gasteiger partial charge >= 0.3 is 0 Å². The van der Waals surface area contributed by atoms with Gasteiger partial charge in [-0.1, -0.05) is 29.8 Å². The van der Waals surface area contributed by atoms with E-state index in [0.29, 0.717) is 19.0 Å². The number of rotatable bonds is 5. The average molecular weight is 474 g/mol. The molecule has 2 aliphatic heterocycles. The molecule has 0 bridgehead atoms. The molecule has 7 heteroatoms. The van der Waals surface area contributed by atoms with Crippen molar-refractivity contribution in [1.29, 1.82) is 0 Å². The first kappa shape index (κ1) is 23.4. The number of aromatic nitrogens is 2. The molecule has 1 aromatic heterocycles. The number of nitrogens with one attached hydrogen (secondary N) is 1. The molecule has 0 radical (unpaired) electrons. The zero-order valence-electron chi connectivity index (χ0n) is 21.0. The van der Waals surface area contributed by atoms with Gasteiger partial charge in [0.2, 0.25) is 0 Å². The summed E-state index contributed by atoms with van der Waals surface area (Å²) in [6, 6.07) is 14.5. The van der Waals surface area contributed by atoms with Gasteiger partial charge in [-0.2, -0.15) is 5.10 Å². The van der Waals surface area contributed by atoms with E-state index in [0.717, 1.165) is 67.4 Å². The number of amides is 1. The van der Waals surface area contributed by atoms with Crippen molar-refractivity contribution in [2.24, 2.45) is 0 Å². The van der Waals surface area contributed by atoms with Crippen LogP contribution in [-0.4, -0.2) is 67.0 Å². The number of carbonyl (C=O) groups excluding carboxylic acids is 1. The Morgan fingerprint density at radius 3 is 2.46 bits per heavy atom.